The van der Waals surface area contributed by atoms with E-state index in [-0.39, 0.29) is 29.2 Å². The van der Waals surface area contributed by atoms with Gasteiger partial charge in [-0.3, -0.25) is 9.59 Å². The second-order valence-electron chi connectivity index (χ2n) is 6.82. The molecule has 0 bridgehead atoms. The largest absolute Gasteiger partial charge is 0.484 e. The van der Waals surface area contributed by atoms with Crippen molar-refractivity contribution in [2.75, 3.05) is 36.8 Å². The van der Waals surface area contributed by atoms with Gasteiger partial charge in [0.2, 0.25) is 0 Å². The quantitative estimate of drug-likeness (QED) is 0.403. The van der Waals surface area contributed by atoms with Crippen LogP contribution in [0.15, 0.2) is 36.4 Å². The Kier molecular flexibility index (Phi) is 8.72. The molecule has 0 fully saturated rings. The van der Waals surface area contributed by atoms with E-state index >= 15 is 0 Å². The van der Waals surface area contributed by atoms with E-state index in [4.69, 9.17) is 32.7 Å². The minimum Gasteiger partial charge on any atom is -0.484 e. The van der Waals surface area contributed by atoms with Gasteiger partial charge in [0.25, 0.3) is 11.8 Å². The topological polar surface area (TPSA) is 79.9 Å². The minimum atomic E-state index is -0.654. The second-order valence-corrected chi connectivity index (χ2v) is 8.47. The molecule has 1 aliphatic rings. The van der Waals surface area contributed by atoms with Crippen LogP contribution in [-0.4, -0.2) is 50.4 Å². The first-order valence-corrected chi connectivity index (χ1v) is 11.7. The van der Waals surface area contributed by atoms with Crippen LogP contribution in [0.5, 0.6) is 11.5 Å². The van der Waals surface area contributed by atoms with Gasteiger partial charge < -0.3 is 24.4 Å². The maximum atomic E-state index is 13.4. The Morgan fingerprint density at radius 1 is 1.22 bits per heavy atom. The number of hydrogen-bond donors (Lipinski definition) is 2. The molecule has 1 aliphatic heterocycles. The minimum absolute atomic E-state index is 0.0164. The van der Waals surface area contributed by atoms with Crippen molar-refractivity contribution in [1.82, 2.24) is 10.6 Å². The van der Waals surface area contributed by atoms with E-state index in [0.29, 0.717) is 36.8 Å². The van der Waals surface area contributed by atoms with Crippen molar-refractivity contribution in [3.63, 3.8) is 0 Å². The highest BCUT2D eigenvalue weighted by Gasteiger charge is 2.30. The van der Waals surface area contributed by atoms with Crippen LogP contribution < -0.4 is 24.4 Å². The van der Waals surface area contributed by atoms with Crippen LogP contribution in [0.4, 0.5) is 10.1 Å². The lowest BCUT2D eigenvalue weighted by Gasteiger charge is -2.33. The monoisotopic (exact) mass is 501 g/mol. The lowest BCUT2D eigenvalue weighted by atomic mass is 10.2. The molecule has 1 atom stereocenters. The van der Waals surface area contributed by atoms with Crippen LogP contribution in [-0.2, 0) is 9.59 Å². The molecular weight excluding hydrogens is 480 g/mol. The Morgan fingerprint density at radius 2 is 2.00 bits per heavy atom. The maximum Gasteiger partial charge on any atom is 0.263 e. The van der Waals surface area contributed by atoms with Crippen molar-refractivity contribution in [3.8, 4) is 11.5 Å². The lowest BCUT2D eigenvalue weighted by molar-refractivity contribution is -0.127. The fraction of sp³-hybridized carbons (Fsp3) is 0.333. The summed E-state index contributed by atoms with van der Waals surface area (Å²) in [6, 6.07) is 9.22. The predicted octanol–water partition coefficient (Wildman–Crippen LogP) is 3.68. The molecule has 2 aromatic rings. The molecule has 2 aromatic carbocycles. The summed E-state index contributed by atoms with van der Waals surface area (Å²) >= 11 is 13.1. The summed E-state index contributed by atoms with van der Waals surface area (Å²) in [6.07, 6.45) is 1.79. The van der Waals surface area contributed by atoms with Crippen molar-refractivity contribution in [1.29, 1.82) is 0 Å². The van der Waals surface area contributed by atoms with Gasteiger partial charge in [-0.2, -0.15) is 0 Å². The number of anilines is 1. The number of halogens is 3. The number of amides is 2. The van der Waals surface area contributed by atoms with E-state index in [1.807, 2.05) is 10.6 Å². The van der Waals surface area contributed by atoms with Crippen LogP contribution in [0, 0.1) is 5.82 Å². The van der Waals surface area contributed by atoms with Gasteiger partial charge in [-0.1, -0.05) is 35.1 Å². The molecule has 32 heavy (non-hydrogen) atoms. The van der Waals surface area contributed by atoms with Gasteiger partial charge in [-0.25, -0.2) is 4.39 Å². The van der Waals surface area contributed by atoms with E-state index in [1.54, 1.807) is 18.2 Å². The fourth-order valence-corrected chi connectivity index (χ4v) is 3.85. The van der Waals surface area contributed by atoms with Gasteiger partial charge in [0.1, 0.15) is 17.3 Å². The molecule has 1 unspecified atom stereocenters. The SMILES string of the molecule is CSN1CC(C(=O)NCCCNC(=O)COc2ccc(Cl)c(F)c2)Oc2ccc(Cl)cc21. The Morgan fingerprint density at radius 3 is 2.75 bits per heavy atom. The zero-order chi connectivity index (χ0) is 23.1. The van der Waals surface area contributed by atoms with E-state index in [9.17, 15) is 14.0 Å². The lowest BCUT2D eigenvalue weighted by Crippen LogP contribution is -2.47. The number of hydrogen-bond acceptors (Lipinski definition) is 6. The third kappa shape index (κ3) is 6.57. The van der Waals surface area contributed by atoms with Gasteiger partial charge >= 0.3 is 0 Å². The number of fused-ring (bicyclic) bond motifs is 1. The Labute approximate surface area is 199 Å². The number of carbonyl (C=O) groups is 2. The molecule has 7 nitrogen and oxygen atoms in total. The molecule has 2 amide bonds. The van der Waals surface area contributed by atoms with Crippen LogP contribution >= 0.6 is 35.1 Å². The third-order valence-corrected chi connectivity index (χ3v) is 5.87. The number of ether oxygens (including phenoxy) is 2. The molecule has 0 radical (unpaired) electrons. The van der Waals surface area contributed by atoms with Crippen molar-refractivity contribution < 1.29 is 23.5 Å². The molecule has 0 saturated heterocycles. The Bertz CT molecular complexity index is 982. The Hall–Kier alpha value is -2.36. The molecule has 0 saturated carbocycles. The molecule has 0 aliphatic carbocycles. The fourth-order valence-electron chi connectivity index (χ4n) is 2.94. The van der Waals surface area contributed by atoms with Crippen molar-refractivity contribution >= 4 is 52.7 Å². The normalized spacial score (nSPS) is 14.9. The van der Waals surface area contributed by atoms with Crippen LogP contribution in [0.25, 0.3) is 0 Å². The van der Waals surface area contributed by atoms with Gasteiger partial charge in [0, 0.05) is 30.4 Å². The van der Waals surface area contributed by atoms with Crippen LogP contribution in [0.1, 0.15) is 6.42 Å². The van der Waals surface area contributed by atoms with E-state index in [0.717, 1.165) is 11.8 Å². The Balaban J connectivity index is 1.35. The highest BCUT2D eigenvalue weighted by Crippen LogP contribution is 2.38. The molecule has 0 spiro atoms. The summed E-state index contributed by atoms with van der Waals surface area (Å²) in [5.74, 6) is -0.389. The average Bonchev–Trinajstić information content (AvgIpc) is 2.78. The van der Waals surface area contributed by atoms with Gasteiger partial charge in [-0.15, -0.1) is 0 Å². The first kappa shape index (κ1) is 24.3. The second kappa shape index (κ2) is 11.5. The molecule has 11 heteroatoms. The number of rotatable bonds is 9. The zero-order valence-corrected chi connectivity index (χ0v) is 19.5. The summed E-state index contributed by atoms with van der Waals surface area (Å²) in [5.41, 5.74) is 0.834. The highest BCUT2D eigenvalue weighted by atomic mass is 35.5. The van der Waals surface area contributed by atoms with Crippen molar-refractivity contribution in [2.24, 2.45) is 0 Å². The zero-order valence-electron chi connectivity index (χ0n) is 17.2. The number of carbonyl (C=O) groups excluding carboxylic acids is 2. The van der Waals surface area contributed by atoms with E-state index < -0.39 is 11.9 Å². The summed E-state index contributed by atoms with van der Waals surface area (Å²) < 4.78 is 26.4. The molecule has 2 N–H and O–H groups in total. The first-order valence-electron chi connectivity index (χ1n) is 9.77. The number of benzene rings is 2. The van der Waals surface area contributed by atoms with E-state index in [1.165, 1.54) is 24.1 Å². The van der Waals surface area contributed by atoms with Gasteiger partial charge in [-0.05, 0) is 36.8 Å². The molecule has 0 aromatic heterocycles. The van der Waals surface area contributed by atoms with Crippen LogP contribution in [0.2, 0.25) is 10.0 Å². The first-order chi connectivity index (χ1) is 15.4. The smallest absolute Gasteiger partial charge is 0.263 e. The highest BCUT2D eigenvalue weighted by molar-refractivity contribution is 8.00. The average molecular weight is 502 g/mol. The summed E-state index contributed by atoms with van der Waals surface area (Å²) in [7, 11) is 0. The third-order valence-electron chi connectivity index (χ3n) is 4.54. The molecule has 3 rings (SSSR count). The van der Waals surface area contributed by atoms with E-state index in [2.05, 4.69) is 10.6 Å². The maximum absolute atomic E-state index is 13.4. The number of nitrogens with one attached hydrogen (secondary N) is 2. The summed E-state index contributed by atoms with van der Waals surface area (Å²) in [6.45, 7) is 0.854. The van der Waals surface area contributed by atoms with Crippen molar-refractivity contribution in [2.45, 2.75) is 12.5 Å². The summed E-state index contributed by atoms with van der Waals surface area (Å²) in [4.78, 5) is 24.3. The van der Waals surface area contributed by atoms with Gasteiger partial charge in [0.05, 0.1) is 17.3 Å². The molecule has 172 valence electrons. The number of nitrogens with zero attached hydrogens (tertiary/aromatic N) is 1. The van der Waals surface area contributed by atoms with Crippen LogP contribution in [0.3, 0.4) is 0 Å². The van der Waals surface area contributed by atoms with Gasteiger partial charge in [0.15, 0.2) is 12.7 Å². The standard InChI is InChI=1S/C21H22Cl2FN3O4S/c1-32-27-11-19(31-18-6-3-13(22)9-17(18)27)21(29)26-8-2-7-25-20(28)12-30-14-4-5-15(23)16(24)10-14/h3-6,9-10,19H,2,7-8,11-12H2,1H3,(H,25,28)(H,26,29). The summed E-state index contributed by atoms with van der Waals surface area (Å²) in [5, 5.41) is 6.08. The molecular formula is C21H22Cl2FN3O4S. The predicted molar refractivity (Wildman–Crippen MR) is 124 cm³/mol. The van der Waals surface area contributed by atoms with Crippen molar-refractivity contribution in [3.05, 3.63) is 52.3 Å². The molecule has 1 heterocycles.